The Bertz CT molecular complexity index is 1120. The summed E-state index contributed by atoms with van der Waals surface area (Å²) in [6, 6.07) is 6.13. The highest BCUT2D eigenvalue weighted by atomic mass is 19.1. The lowest BCUT2D eigenvalue weighted by atomic mass is 9.91. The first-order valence-corrected chi connectivity index (χ1v) is 9.32. The maximum absolute atomic E-state index is 13.6. The molecule has 28 heavy (non-hydrogen) atoms. The number of nitrogens with one attached hydrogen (secondary N) is 1. The molecule has 5 rings (SSSR count). The smallest absolute Gasteiger partial charge is 0.337 e. The van der Waals surface area contributed by atoms with E-state index in [2.05, 4.69) is 15.0 Å². The number of aromatic carboxylic acids is 1. The molecule has 2 aliphatic carbocycles. The highest BCUT2D eigenvalue weighted by Crippen LogP contribution is 2.40. The molecule has 1 aromatic carbocycles. The van der Waals surface area contributed by atoms with Crippen molar-refractivity contribution in [1.82, 2.24) is 15.0 Å². The number of hydrogen-bond donors (Lipinski definition) is 3. The first kappa shape index (κ1) is 17.1. The molecule has 1 fully saturated rings. The molecule has 4 N–H and O–H groups in total. The number of aromatic nitrogens is 3. The monoisotopic (exact) mass is 378 g/mol. The minimum atomic E-state index is -0.945. The number of carboxylic acid groups (broad SMARTS) is 1. The van der Waals surface area contributed by atoms with Gasteiger partial charge in [0.25, 0.3) is 0 Å². The van der Waals surface area contributed by atoms with Crippen LogP contribution in [0, 0.1) is 5.82 Å². The van der Waals surface area contributed by atoms with Gasteiger partial charge in [-0.1, -0.05) is 12.1 Å². The van der Waals surface area contributed by atoms with Gasteiger partial charge in [0.1, 0.15) is 5.82 Å². The fourth-order valence-corrected chi connectivity index (χ4v) is 3.96. The third kappa shape index (κ3) is 2.79. The Kier molecular flexibility index (Phi) is 3.64. The van der Waals surface area contributed by atoms with Crippen molar-refractivity contribution in [1.29, 1.82) is 0 Å². The van der Waals surface area contributed by atoms with E-state index in [1.807, 2.05) is 0 Å². The van der Waals surface area contributed by atoms with Crippen molar-refractivity contribution < 1.29 is 14.3 Å². The van der Waals surface area contributed by atoms with Gasteiger partial charge in [0.2, 0.25) is 0 Å². The number of carbonyl (C=O) groups is 1. The average Bonchev–Trinajstić information content (AvgIpc) is 3.27. The molecule has 0 amide bonds. The van der Waals surface area contributed by atoms with Crippen LogP contribution >= 0.6 is 0 Å². The molecule has 0 saturated heterocycles. The van der Waals surface area contributed by atoms with Crippen molar-refractivity contribution in [2.75, 3.05) is 0 Å². The molecule has 2 aliphatic rings. The summed E-state index contributed by atoms with van der Waals surface area (Å²) in [5.41, 5.74) is 10.6. The van der Waals surface area contributed by atoms with Gasteiger partial charge in [0.15, 0.2) is 5.82 Å². The topological polar surface area (TPSA) is 105 Å². The maximum Gasteiger partial charge on any atom is 0.337 e. The highest BCUT2D eigenvalue weighted by Gasteiger charge is 2.41. The van der Waals surface area contributed by atoms with E-state index in [9.17, 15) is 14.3 Å². The van der Waals surface area contributed by atoms with Gasteiger partial charge in [-0.15, -0.1) is 0 Å². The lowest BCUT2D eigenvalue weighted by molar-refractivity contribution is 0.0694. The van der Waals surface area contributed by atoms with Gasteiger partial charge in [-0.3, -0.25) is 0 Å². The van der Waals surface area contributed by atoms with Gasteiger partial charge in [0.05, 0.1) is 17.0 Å². The average molecular weight is 378 g/mol. The van der Waals surface area contributed by atoms with Gasteiger partial charge in [-0.05, 0) is 48.9 Å². The molecule has 0 atom stereocenters. The van der Waals surface area contributed by atoms with Crippen molar-refractivity contribution in [2.45, 2.75) is 37.6 Å². The number of H-pyrrole nitrogens is 1. The second kappa shape index (κ2) is 5.97. The molecular weight excluding hydrogens is 359 g/mol. The second-order valence-corrected chi connectivity index (χ2v) is 7.75. The quantitative estimate of drug-likeness (QED) is 0.647. The maximum atomic E-state index is 13.6. The molecule has 6 nitrogen and oxygen atoms in total. The largest absolute Gasteiger partial charge is 0.478 e. The number of benzene rings is 1. The van der Waals surface area contributed by atoms with Crippen molar-refractivity contribution >= 4 is 5.97 Å². The van der Waals surface area contributed by atoms with E-state index in [1.165, 1.54) is 12.1 Å². The zero-order valence-corrected chi connectivity index (χ0v) is 15.1. The zero-order valence-electron chi connectivity index (χ0n) is 15.1. The summed E-state index contributed by atoms with van der Waals surface area (Å²) < 4.78 is 13.6. The Hall–Kier alpha value is -3.06. The van der Waals surface area contributed by atoms with Crippen molar-refractivity contribution in [2.24, 2.45) is 5.73 Å². The normalized spacial score (nSPS) is 16.4. The molecule has 0 unspecified atom stereocenters. The van der Waals surface area contributed by atoms with E-state index in [4.69, 9.17) is 5.73 Å². The third-order valence-electron chi connectivity index (χ3n) is 5.64. The Morgan fingerprint density at radius 1 is 1.32 bits per heavy atom. The Morgan fingerprint density at radius 3 is 2.86 bits per heavy atom. The Labute approximate surface area is 160 Å². The number of carboxylic acids is 1. The summed E-state index contributed by atoms with van der Waals surface area (Å²) in [5, 5.41) is 9.80. The van der Waals surface area contributed by atoms with Crippen LogP contribution in [0.25, 0.3) is 22.8 Å². The van der Waals surface area contributed by atoms with Crippen LogP contribution in [0.5, 0.6) is 0 Å². The zero-order chi connectivity index (χ0) is 19.5. The number of halogens is 1. The van der Waals surface area contributed by atoms with Crippen molar-refractivity contribution in [3.05, 3.63) is 58.7 Å². The van der Waals surface area contributed by atoms with Gasteiger partial charge in [-0.25, -0.2) is 19.2 Å². The number of nitrogens with zero attached hydrogens (tertiary/aromatic N) is 2. The van der Waals surface area contributed by atoms with Crippen LogP contribution in [0.1, 0.15) is 40.0 Å². The summed E-state index contributed by atoms with van der Waals surface area (Å²) in [4.78, 5) is 24.3. The number of rotatable bonds is 4. The van der Waals surface area contributed by atoms with E-state index in [0.717, 1.165) is 29.7 Å². The third-order valence-corrected chi connectivity index (χ3v) is 5.64. The molecule has 3 aromatic rings. The lowest BCUT2D eigenvalue weighted by Crippen LogP contribution is -2.25. The minimum absolute atomic E-state index is 0.307. The van der Waals surface area contributed by atoms with Crippen molar-refractivity contribution in [3.63, 3.8) is 0 Å². The van der Waals surface area contributed by atoms with Crippen LogP contribution in [0.3, 0.4) is 0 Å². The van der Waals surface area contributed by atoms with Crippen LogP contribution in [-0.4, -0.2) is 31.6 Å². The van der Waals surface area contributed by atoms with Gasteiger partial charge < -0.3 is 15.8 Å². The lowest BCUT2D eigenvalue weighted by Gasteiger charge is -2.16. The Morgan fingerprint density at radius 2 is 2.14 bits per heavy atom. The summed E-state index contributed by atoms with van der Waals surface area (Å²) in [6.07, 6.45) is 5.34. The molecule has 0 radical (unpaired) electrons. The minimum Gasteiger partial charge on any atom is -0.478 e. The van der Waals surface area contributed by atoms with Gasteiger partial charge in [0, 0.05) is 29.4 Å². The van der Waals surface area contributed by atoms with Crippen LogP contribution in [0.4, 0.5) is 4.39 Å². The Balaban J connectivity index is 1.64. The number of hydrogen-bond acceptors (Lipinski definition) is 4. The highest BCUT2D eigenvalue weighted by molar-refractivity contribution is 5.94. The number of fused-ring (bicyclic) bond motifs is 3. The van der Waals surface area contributed by atoms with Crippen LogP contribution in [0.2, 0.25) is 0 Å². The predicted molar refractivity (Wildman–Crippen MR) is 101 cm³/mol. The molecule has 7 heteroatoms. The van der Waals surface area contributed by atoms with Gasteiger partial charge >= 0.3 is 5.97 Å². The first-order valence-electron chi connectivity index (χ1n) is 9.32. The van der Waals surface area contributed by atoms with Crippen LogP contribution in [-0.2, 0) is 19.3 Å². The SMILES string of the molecule is NC1(Cc2[nH]c3c(c2C(=O)O)CCc2cnc(-c4cccc(F)c4)nc2-3)CC1. The molecule has 2 aromatic heterocycles. The van der Waals surface area contributed by atoms with Crippen molar-refractivity contribution in [3.8, 4) is 22.8 Å². The molecule has 1 saturated carbocycles. The van der Waals surface area contributed by atoms with E-state index < -0.39 is 5.97 Å². The van der Waals surface area contributed by atoms with Crippen LogP contribution in [0.15, 0.2) is 30.5 Å². The second-order valence-electron chi connectivity index (χ2n) is 7.75. The summed E-state index contributed by atoms with van der Waals surface area (Å²) in [7, 11) is 0. The summed E-state index contributed by atoms with van der Waals surface area (Å²) in [6.45, 7) is 0. The van der Waals surface area contributed by atoms with E-state index >= 15 is 0 Å². The van der Waals surface area contributed by atoms with E-state index in [0.29, 0.717) is 47.6 Å². The van der Waals surface area contributed by atoms with E-state index in [1.54, 1.807) is 18.3 Å². The van der Waals surface area contributed by atoms with E-state index in [-0.39, 0.29) is 11.4 Å². The molecular formula is C21H19FN4O2. The number of nitrogens with two attached hydrogens (primary N) is 1. The fourth-order valence-electron chi connectivity index (χ4n) is 3.96. The summed E-state index contributed by atoms with van der Waals surface area (Å²) >= 11 is 0. The molecule has 0 aliphatic heterocycles. The standard InChI is InChI=1S/C21H19FN4O2/c22-13-3-1-2-11(8-13)19-24-10-12-4-5-14-16(20(27)28)15(9-21(23)6-7-21)25-18(14)17(12)26-19/h1-3,8,10,25H,4-7,9,23H2,(H,27,28). The molecule has 2 heterocycles. The molecule has 142 valence electrons. The van der Waals surface area contributed by atoms with Crippen LogP contribution < -0.4 is 5.73 Å². The molecule has 0 spiro atoms. The number of aryl methyl sites for hydroxylation is 1. The number of aromatic amines is 1. The van der Waals surface area contributed by atoms with Gasteiger partial charge in [-0.2, -0.15) is 0 Å². The first-order chi connectivity index (χ1) is 13.4. The predicted octanol–water partition coefficient (Wildman–Crippen LogP) is 3.11. The summed E-state index contributed by atoms with van der Waals surface area (Å²) in [5.74, 6) is -0.885. The fraction of sp³-hybridized carbons (Fsp3) is 0.286. The molecule has 0 bridgehead atoms.